The van der Waals surface area contributed by atoms with Crippen LogP contribution in [0.25, 0.3) is 0 Å². The molecule has 0 bridgehead atoms. The summed E-state index contributed by atoms with van der Waals surface area (Å²) in [6, 6.07) is 6.97. The van der Waals surface area contributed by atoms with Crippen LogP contribution in [-0.4, -0.2) is 47.8 Å². The fraction of sp³-hybridized carbons (Fsp3) is 0.429. The summed E-state index contributed by atoms with van der Waals surface area (Å²) in [5.41, 5.74) is 5.84. The first-order valence-corrected chi connectivity index (χ1v) is 9.34. The molecule has 0 aromatic heterocycles. The van der Waals surface area contributed by atoms with Crippen molar-refractivity contribution < 1.29 is 19.1 Å². The Morgan fingerprint density at radius 2 is 1.90 bits per heavy atom. The summed E-state index contributed by atoms with van der Waals surface area (Å²) in [5, 5.41) is 0. The van der Waals surface area contributed by atoms with Crippen LogP contribution in [0.2, 0.25) is 0 Å². The number of rotatable bonds is 8. The van der Waals surface area contributed by atoms with Gasteiger partial charge in [-0.15, -0.1) is 0 Å². The van der Waals surface area contributed by atoms with Gasteiger partial charge in [0.1, 0.15) is 23.0 Å². The summed E-state index contributed by atoms with van der Waals surface area (Å²) in [7, 11) is 0. The van der Waals surface area contributed by atoms with Gasteiger partial charge in [0.25, 0.3) is 0 Å². The molecule has 0 aliphatic rings. The van der Waals surface area contributed by atoms with E-state index in [0.717, 1.165) is 6.42 Å². The molecule has 1 rings (SSSR count). The molecular formula is C21H30N4O4. The maximum absolute atomic E-state index is 11.7. The van der Waals surface area contributed by atoms with Gasteiger partial charge in [0.15, 0.2) is 0 Å². The quantitative estimate of drug-likeness (QED) is 0.309. The van der Waals surface area contributed by atoms with Crippen molar-refractivity contribution in [3.05, 3.63) is 42.1 Å². The Kier molecular flexibility index (Phi) is 9.58. The van der Waals surface area contributed by atoms with Crippen molar-refractivity contribution in [1.82, 2.24) is 4.90 Å². The van der Waals surface area contributed by atoms with E-state index in [2.05, 4.69) is 9.98 Å². The molecule has 1 aromatic rings. The van der Waals surface area contributed by atoms with Crippen LogP contribution in [0.15, 0.2) is 46.5 Å². The summed E-state index contributed by atoms with van der Waals surface area (Å²) >= 11 is 0. The molecule has 0 aliphatic heterocycles. The predicted molar refractivity (Wildman–Crippen MR) is 114 cm³/mol. The number of carbonyl (C=O) groups is 2. The van der Waals surface area contributed by atoms with Crippen LogP contribution in [0.3, 0.4) is 0 Å². The van der Waals surface area contributed by atoms with Gasteiger partial charge in [-0.3, -0.25) is 4.79 Å². The van der Waals surface area contributed by atoms with Crippen LogP contribution in [0, 0.1) is 0 Å². The van der Waals surface area contributed by atoms with Gasteiger partial charge in [-0.1, -0.05) is 6.08 Å². The molecule has 0 saturated heterocycles. The van der Waals surface area contributed by atoms with Gasteiger partial charge in [0.05, 0.1) is 6.61 Å². The molecule has 0 spiro atoms. The minimum atomic E-state index is -0.727. The topological polar surface area (TPSA) is 107 Å². The summed E-state index contributed by atoms with van der Waals surface area (Å²) in [6.07, 6.45) is 4.28. The molecule has 2 amide bonds. The lowest BCUT2D eigenvalue weighted by Gasteiger charge is -2.19. The van der Waals surface area contributed by atoms with Gasteiger partial charge in [0, 0.05) is 18.3 Å². The molecular weight excluding hydrogens is 372 g/mol. The zero-order valence-electron chi connectivity index (χ0n) is 17.7. The molecule has 8 heteroatoms. The van der Waals surface area contributed by atoms with Crippen LogP contribution in [0.1, 0.15) is 46.6 Å². The first-order chi connectivity index (χ1) is 13.7. The number of carbonyl (C=O) groups excluding carboxylic acids is 2. The number of allylic oxidation sites excluding steroid dienone is 1. The number of nitrogens with two attached hydrogens (primary N) is 1. The fourth-order valence-electron chi connectivity index (χ4n) is 2.27. The lowest BCUT2D eigenvalue weighted by atomic mass is 10.2. The van der Waals surface area contributed by atoms with E-state index >= 15 is 0 Å². The van der Waals surface area contributed by atoms with E-state index in [1.165, 1.54) is 0 Å². The van der Waals surface area contributed by atoms with Crippen LogP contribution in [0.5, 0.6) is 5.75 Å². The number of benzene rings is 1. The van der Waals surface area contributed by atoms with Crippen molar-refractivity contribution in [2.45, 2.75) is 46.6 Å². The summed E-state index contributed by atoms with van der Waals surface area (Å²) in [5.74, 6) is 1.38. The lowest BCUT2D eigenvalue weighted by Crippen LogP contribution is -2.25. The summed E-state index contributed by atoms with van der Waals surface area (Å²) in [6.45, 7) is 10.1. The van der Waals surface area contributed by atoms with Gasteiger partial charge in [-0.2, -0.15) is 4.99 Å². The first-order valence-electron chi connectivity index (χ1n) is 9.34. The smallest absolute Gasteiger partial charge is 0.436 e. The average molecular weight is 402 g/mol. The van der Waals surface area contributed by atoms with E-state index < -0.39 is 11.7 Å². The van der Waals surface area contributed by atoms with Crippen LogP contribution in [-0.2, 0) is 9.53 Å². The zero-order chi connectivity index (χ0) is 21.9. The minimum absolute atomic E-state index is 0.0812. The molecule has 1 aromatic carbocycles. The molecule has 0 saturated carbocycles. The van der Waals surface area contributed by atoms with E-state index in [-0.39, 0.29) is 5.84 Å². The number of ether oxygens (including phenoxy) is 2. The maximum Gasteiger partial charge on any atom is 0.436 e. The van der Waals surface area contributed by atoms with Gasteiger partial charge in [0.2, 0.25) is 6.41 Å². The number of aliphatic imine (C=N–C) groups is 2. The summed E-state index contributed by atoms with van der Waals surface area (Å²) in [4.78, 5) is 31.6. The minimum Gasteiger partial charge on any atom is -0.494 e. The number of amides is 2. The highest BCUT2D eigenvalue weighted by molar-refractivity contribution is 6.02. The van der Waals surface area contributed by atoms with Crippen LogP contribution >= 0.6 is 0 Å². The molecule has 0 heterocycles. The van der Waals surface area contributed by atoms with Gasteiger partial charge >= 0.3 is 6.09 Å². The molecule has 0 aliphatic carbocycles. The second-order valence-corrected chi connectivity index (χ2v) is 7.16. The highest BCUT2D eigenvalue weighted by Gasteiger charge is 2.16. The SMILES string of the molecule is C/C=C\N(CCCOc1ccc(/C(N)=N/C(=O)OC(C)(C)C)cc1)C(C)=NC=O. The number of hydrogen-bond donors (Lipinski definition) is 1. The molecule has 0 unspecified atom stereocenters. The van der Waals surface area contributed by atoms with E-state index in [0.29, 0.717) is 36.7 Å². The Hall–Kier alpha value is -3.16. The maximum atomic E-state index is 11.7. The van der Waals surface area contributed by atoms with E-state index in [1.807, 2.05) is 24.1 Å². The van der Waals surface area contributed by atoms with Crippen LogP contribution < -0.4 is 10.5 Å². The van der Waals surface area contributed by atoms with Gasteiger partial charge in [-0.25, -0.2) is 9.79 Å². The molecule has 2 N–H and O–H groups in total. The normalized spacial score (nSPS) is 12.7. The summed E-state index contributed by atoms with van der Waals surface area (Å²) < 4.78 is 10.8. The number of nitrogens with zero attached hydrogens (tertiary/aromatic N) is 3. The second-order valence-electron chi connectivity index (χ2n) is 7.16. The van der Waals surface area contributed by atoms with E-state index in [1.54, 1.807) is 52.0 Å². The standard InChI is InChI=1S/C21H30N4O4/c1-6-12-25(16(2)23-15-26)13-7-14-28-18-10-8-17(9-11-18)19(22)24-20(27)29-21(3,4)5/h6,8-12,15H,7,13-14H2,1-5H3,(H2,22,24,27)/b12-6-,23-16?. The van der Waals surface area contributed by atoms with Crippen molar-refractivity contribution in [2.24, 2.45) is 15.7 Å². The third kappa shape index (κ3) is 9.55. The predicted octanol–water partition coefficient (Wildman–Crippen LogP) is 3.51. The van der Waals surface area contributed by atoms with E-state index in [9.17, 15) is 9.59 Å². The van der Waals surface area contributed by atoms with E-state index in [4.69, 9.17) is 15.2 Å². The molecule has 0 fully saturated rings. The average Bonchev–Trinajstić information content (AvgIpc) is 2.63. The molecule has 0 atom stereocenters. The highest BCUT2D eigenvalue weighted by Crippen LogP contribution is 2.13. The molecule has 29 heavy (non-hydrogen) atoms. The highest BCUT2D eigenvalue weighted by atomic mass is 16.6. The monoisotopic (exact) mass is 402 g/mol. The largest absolute Gasteiger partial charge is 0.494 e. The Morgan fingerprint density at radius 3 is 2.45 bits per heavy atom. The molecule has 158 valence electrons. The van der Waals surface area contributed by atoms with Crippen molar-refractivity contribution in [3.63, 3.8) is 0 Å². The van der Waals surface area contributed by atoms with Gasteiger partial charge in [-0.05, 0) is 65.3 Å². The van der Waals surface area contributed by atoms with Crippen LogP contribution in [0.4, 0.5) is 4.79 Å². The third-order valence-corrected chi connectivity index (χ3v) is 3.55. The number of hydrogen-bond acceptors (Lipinski definition) is 4. The second kappa shape index (κ2) is 11.6. The first kappa shape index (κ1) is 23.9. The molecule has 8 nitrogen and oxygen atoms in total. The Balaban J connectivity index is 2.57. The number of amidine groups is 2. The zero-order valence-corrected chi connectivity index (χ0v) is 17.7. The Morgan fingerprint density at radius 1 is 1.24 bits per heavy atom. The lowest BCUT2D eigenvalue weighted by molar-refractivity contribution is -0.106. The van der Waals surface area contributed by atoms with Crippen molar-refractivity contribution in [3.8, 4) is 5.75 Å². The Labute approximate surface area is 172 Å². The third-order valence-electron chi connectivity index (χ3n) is 3.55. The van der Waals surface area contributed by atoms with Crippen molar-refractivity contribution in [2.75, 3.05) is 13.2 Å². The van der Waals surface area contributed by atoms with Crippen molar-refractivity contribution in [1.29, 1.82) is 0 Å². The van der Waals surface area contributed by atoms with Crippen molar-refractivity contribution >= 4 is 24.2 Å². The Bertz CT molecular complexity index is 762. The fourth-order valence-corrected chi connectivity index (χ4v) is 2.27. The molecule has 0 radical (unpaired) electrons. The van der Waals surface area contributed by atoms with Gasteiger partial charge < -0.3 is 20.1 Å².